The summed E-state index contributed by atoms with van der Waals surface area (Å²) in [4.78, 5) is 10.6. The van der Waals surface area contributed by atoms with Gasteiger partial charge in [-0.05, 0) is 19.1 Å². The molecule has 0 aliphatic rings. The topological polar surface area (TPSA) is 40.5 Å². The van der Waals surface area contributed by atoms with Gasteiger partial charge >= 0.3 is 0 Å². The zero-order valence-electron chi connectivity index (χ0n) is 11.9. The average Bonchev–Trinajstić information content (AvgIpc) is 2.83. The lowest BCUT2D eigenvalue weighted by Gasteiger charge is -2.17. The van der Waals surface area contributed by atoms with Crippen LogP contribution in [0, 0.1) is 0 Å². The second kappa shape index (κ2) is 5.97. The van der Waals surface area contributed by atoms with Crippen molar-refractivity contribution in [3.8, 4) is 0 Å². The summed E-state index contributed by atoms with van der Waals surface area (Å²) < 4.78 is 12.6. The minimum absolute atomic E-state index is 0.439. The maximum atomic E-state index is 10.6. The van der Waals surface area contributed by atoms with E-state index in [-0.39, 0.29) is 0 Å². The van der Waals surface area contributed by atoms with E-state index in [9.17, 15) is 4.79 Å². The van der Waals surface area contributed by atoms with Crippen molar-refractivity contribution in [1.29, 1.82) is 0 Å². The number of hydrogen-bond acceptors (Lipinski definition) is 3. The van der Waals surface area contributed by atoms with Gasteiger partial charge < -0.3 is 14.0 Å². The van der Waals surface area contributed by atoms with Gasteiger partial charge in [0, 0.05) is 28.4 Å². The molecule has 0 radical (unpaired) electrons. The molecule has 0 aliphatic heterocycles. The third kappa shape index (κ3) is 2.50. The van der Waals surface area contributed by atoms with E-state index in [0.717, 1.165) is 11.0 Å². The number of carbonyl (C=O) groups is 1. The van der Waals surface area contributed by atoms with Crippen LogP contribution in [0.3, 0.4) is 0 Å². The predicted molar refractivity (Wildman–Crippen MR) is 82.0 cm³/mol. The van der Waals surface area contributed by atoms with Gasteiger partial charge in [-0.1, -0.05) is 36.4 Å². The number of fused-ring (bicyclic) bond motifs is 3. The fraction of sp³-hybridized carbons (Fsp3) is 0.235. The Morgan fingerprint density at radius 3 is 2.14 bits per heavy atom. The zero-order valence-corrected chi connectivity index (χ0v) is 11.9. The van der Waals surface area contributed by atoms with Crippen LogP contribution in [0.5, 0.6) is 0 Å². The molecule has 3 aromatic rings. The lowest BCUT2D eigenvalue weighted by molar-refractivity contribution is -0.165. The summed E-state index contributed by atoms with van der Waals surface area (Å²) in [5, 5.41) is 2.38. The molecule has 0 bridgehead atoms. The maximum Gasteiger partial charge on any atom is 0.295 e. The minimum Gasteiger partial charge on any atom is -0.436 e. The monoisotopic (exact) mass is 283 g/mol. The van der Waals surface area contributed by atoms with E-state index in [1.165, 1.54) is 10.8 Å². The highest BCUT2D eigenvalue weighted by molar-refractivity contribution is 6.07. The van der Waals surface area contributed by atoms with Crippen LogP contribution in [0.1, 0.15) is 6.92 Å². The first-order valence-corrected chi connectivity index (χ1v) is 7.01. The second-order valence-corrected chi connectivity index (χ2v) is 4.76. The highest BCUT2D eigenvalue weighted by Gasteiger charge is 2.15. The smallest absolute Gasteiger partial charge is 0.295 e. The molecule has 0 saturated heterocycles. The fourth-order valence-electron chi connectivity index (χ4n) is 2.73. The van der Waals surface area contributed by atoms with Gasteiger partial charge in [-0.3, -0.25) is 4.79 Å². The molecule has 0 spiro atoms. The highest BCUT2D eigenvalue weighted by atomic mass is 16.7. The summed E-state index contributed by atoms with van der Waals surface area (Å²) in [5.41, 5.74) is 2.22. The van der Waals surface area contributed by atoms with E-state index < -0.39 is 6.29 Å². The normalized spacial score (nSPS) is 12.6. The molecule has 4 heteroatoms. The predicted octanol–water partition coefficient (Wildman–Crippen LogP) is 3.33. The molecule has 21 heavy (non-hydrogen) atoms. The van der Waals surface area contributed by atoms with Crippen molar-refractivity contribution in [2.45, 2.75) is 19.8 Å². The lowest BCUT2D eigenvalue weighted by Crippen LogP contribution is -2.23. The largest absolute Gasteiger partial charge is 0.436 e. The number of rotatable bonds is 6. The second-order valence-electron chi connectivity index (χ2n) is 4.76. The Labute approximate surface area is 122 Å². The van der Waals surface area contributed by atoms with Crippen molar-refractivity contribution < 1.29 is 14.3 Å². The number of ether oxygens (including phenoxy) is 2. The van der Waals surface area contributed by atoms with Crippen LogP contribution >= 0.6 is 0 Å². The molecule has 1 heterocycles. The molecular weight excluding hydrogens is 266 g/mol. The van der Waals surface area contributed by atoms with Gasteiger partial charge in [0.05, 0.1) is 6.54 Å². The molecule has 1 unspecified atom stereocenters. The quantitative estimate of drug-likeness (QED) is 0.514. The van der Waals surface area contributed by atoms with Gasteiger partial charge in [0.2, 0.25) is 6.29 Å². The van der Waals surface area contributed by atoms with Gasteiger partial charge in [0.1, 0.15) is 0 Å². The van der Waals surface area contributed by atoms with Crippen LogP contribution in [0.25, 0.3) is 21.8 Å². The van der Waals surface area contributed by atoms with Gasteiger partial charge in [-0.25, -0.2) is 0 Å². The van der Waals surface area contributed by atoms with Crippen molar-refractivity contribution in [1.82, 2.24) is 4.57 Å². The van der Waals surface area contributed by atoms with E-state index in [0.29, 0.717) is 19.6 Å². The highest BCUT2D eigenvalue weighted by Crippen LogP contribution is 2.29. The average molecular weight is 283 g/mol. The summed E-state index contributed by atoms with van der Waals surface area (Å²) in [5.74, 6) is 0. The SMILES string of the molecule is CCOC(Cn1c2ccccc2c2ccccc21)OC=O. The minimum atomic E-state index is -0.577. The first-order chi connectivity index (χ1) is 10.3. The Balaban J connectivity index is 2.12. The fourth-order valence-corrected chi connectivity index (χ4v) is 2.73. The number of aromatic nitrogens is 1. The van der Waals surface area contributed by atoms with Crippen molar-refractivity contribution >= 4 is 28.3 Å². The van der Waals surface area contributed by atoms with Gasteiger partial charge in [0.15, 0.2) is 0 Å². The van der Waals surface area contributed by atoms with Crippen molar-refractivity contribution in [2.24, 2.45) is 0 Å². The van der Waals surface area contributed by atoms with Crippen LogP contribution in [0.2, 0.25) is 0 Å². The van der Waals surface area contributed by atoms with Gasteiger partial charge in [-0.15, -0.1) is 0 Å². The molecule has 0 saturated carbocycles. The van der Waals surface area contributed by atoms with Crippen molar-refractivity contribution in [3.63, 3.8) is 0 Å². The Bertz CT molecular complexity index is 710. The summed E-state index contributed by atoms with van der Waals surface area (Å²) >= 11 is 0. The summed E-state index contributed by atoms with van der Waals surface area (Å²) in [7, 11) is 0. The molecule has 3 rings (SSSR count). The Morgan fingerprint density at radius 1 is 1.05 bits per heavy atom. The Morgan fingerprint density at radius 2 is 1.62 bits per heavy atom. The van der Waals surface area contributed by atoms with Crippen LogP contribution in [0.15, 0.2) is 48.5 Å². The number of nitrogens with zero attached hydrogens (tertiary/aromatic N) is 1. The Kier molecular flexibility index (Phi) is 3.88. The number of carbonyl (C=O) groups excluding carboxylic acids is 1. The van der Waals surface area contributed by atoms with Crippen LogP contribution in [0.4, 0.5) is 0 Å². The van der Waals surface area contributed by atoms with E-state index >= 15 is 0 Å². The van der Waals surface area contributed by atoms with E-state index in [1.807, 2.05) is 31.2 Å². The van der Waals surface area contributed by atoms with E-state index in [4.69, 9.17) is 9.47 Å². The van der Waals surface area contributed by atoms with Gasteiger partial charge in [-0.2, -0.15) is 0 Å². The van der Waals surface area contributed by atoms with E-state index in [1.54, 1.807) is 0 Å². The number of para-hydroxylation sites is 2. The van der Waals surface area contributed by atoms with Crippen LogP contribution < -0.4 is 0 Å². The summed E-state index contributed by atoms with van der Waals surface area (Å²) in [6.45, 7) is 3.29. The third-order valence-corrected chi connectivity index (χ3v) is 3.57. The molecule has 0 amide bonds. The van der Waals surface area contributed by atoms with E-state index in [2.05, 4.69) is 28.8 Å². The molecular formula is C17H17NO3. The van der Waals surface area contributed by atoms with Crippen molar-refractivity contribution in [2.75, 3.05) is 6.61 Å². The number of benzene rings is 2. The first-order valence-electron chi connectivity index (χ1n) is 7.01. The van der Waals surface area contributed by atoms with Gasteiger partial charge in [0.25, 0.3) is 6.47 Å². The zero-order chi connectivity index (χ0) is 14.7. The molecule has 1 aromatic heterocycles. The third-order valence-electron chi connectivity index (χ3n) is 3.57. The summed E-state index contributed by atoms with van der Waals surface area (Å²) in [6.07, 6.45) is -0.577. The molecule has 0 N–H and O–H groups in total. The molecule has 0 fully saturated rings. The standard InChI is InChI=1S/C17H17NO3/c1-2-20-17(21-12-19)11-18-15-9-5-3-7-13(15)14-8-4-6-10-16(14)18/h3-10,12,17H,2,11H2,1H3. The first kappa shape index (κ1) is 13.6. The molecule has 4 nitrogen and oxygen atoms in total. The molecule has 108 valence electrons. The van der Waals surface area contributed by atoms with Crippen LogP contribution in [-0.2, 0) is 20.8 Å². The lowest BCUT2D eigenvalue weighted by atomic mass is 10.2. The Hall–Kier alpha value is -2.33. The number of hydrogen-bond donors (Lipinski definition) is 0. The summed E-state index contributed by atoms with van der Waals surface area (Å²) in [6, 6.07) is 16.4. The van der Waals surface area contributed by atoms with Crippen molar-refractivity contribution in [3.05, 3.63) is 48.5 Å². The maximum absolute atomic E-state index is 10.6. The van der Waals surface area contributed by atoms with Crippen LogP contribution in [-0.4, -0.2) is 23.9 Å². The molecule has 2 aromatic carbocycles. The molecule has 0 aliphatic carbocycles. The molecule has 1 atom stereocenters.